The Morgan fingerprint density at radius 3 is 2.44 bits per heavy atom. The van der Waals surface area contributed by atoms with Crippen molar-refractivity contribution in [3.05, 3.63) is 34.3 Å². The Bertz CT molecular complexity index is 336. The van der Waals surface area contributed by atoms with E-state index in [1.165, 1.54) is 5.56 Å². The highest BCUT2D eigenvalue weighted by Crippen LogP contribution is 2.29. The summed E-state index contributed by atoms with van der Waals surface area (Å²) in [5.74, 6) is 0. The van der Waals surface area contributed by atoms with Gasteiger partial charge in [-0.05, 0) is 16.7 Å². The van der Waals surface area contributed by atoms with Crippen molar-refractivity contribution in [2.24, 2.45) is 0 Å². The first-order valence-electron chi connectivity index (χ1n) is 5.74. The highest BCUT2D eigenvalue weighted by molar-refractivity contribution is 9.10. The molecule has 1 aromatic rings. The standard InChI is InChI=1S/C13H21BrOSi/c1-13(2,16(3)4)10-15-9-11-7-5-6-8-12(11)14/h5-8,16H,9-10H2,1-4H3. The molecule has 0 unspecified atom stereocenters. The molecule has 0 radical (unpaired) electrons. The molecular formula is C13H21BrOSi. The van der Waals surface area contributed by atoms with Crippen LogP contribution >= 0.6 is 15.9 Å². The van der Waals surface area contributed by atoms with E-state index < -0.39 is 8.80 Å². The maximum Gasteiger partial charge on any atom is 0.0727 e. The first-order chi connectivity index (χ1) is 7.43. The van der Waals surface area contributed by atoms with E-state index in [9.17, 15) is 0 Å². The molecule has 0 amide bonds. The van der Waals surface area contributed by atoms with Crippen LogP contribution in [0.5, 0.6) is 0 Å². The summed E-state index contributed by atoms with van der Waals surface area (Å²) in [4.78, 5) is 0. The lowest BCUT2D eigenvalue weighted by Gasteiger charge is -2.27. The third-order valence-corrected chi connectivity index (χ3v) is 7.32. The molecule has 1 aromatic carbocycles. The van der Waals surface area contributed by atoms with Crippen molar-refractivity contribution in [1.82, 2.24) is 0 Å². The molecule has 0 saturated heterocycles. The molecule has 16 heavy (non-hydrogen) atoms. The van der Waals surface area contributed by atoms with Gasteiger partial charge in [-0.25, -0.2) is 0 Å². The normalized spacial score (nSPS) is 12.1. The van der Waals surface area contributed by atoms with E-state index >= 15 is 0 Å². The highest BCUT2D eigenvalue weighted by atomic mass is 79.9. The van der Waals surface area contributed by atoms with Gasteiger partial charge >= 0.3 is 0 Å². The third-order valence-electron chi connectivity index (χ3n) is 3.25. The van der Waals surface area contributed by atoms with E-state index in [1.54, 1.807) is 0 Å². The molecule has 0 aliphatic carbocycles. The third kappa shape index (κ3) is 4.04. The van der Waals surface area contributed by atoms with E-state index in [1.807, 2.05) is 12.1 Å². The lowest BCUT2D eigenvalue weighted by atomic mass is 10.2. The number of rotatable bonds is 5. The highest BCUT2D eigenvalue weighted by Gasteiger charge is 2.23. The van der Waals surface area contributed by atoms with E-state index in [0.29, 0.717) is 11.6 Å². The monoisotopic (exact) mass is 300 g/mol. The van der Waals surface area contributed by atoms with Gasteiger partial charge in [0.25, 0.3) is 0 Å². The molecule has 0 atom stereocenters. The fourth-order valence-electron chi connectivity index (χ4n) is 1.21. The van der Waals surface area contributed by atoms with Crippen molar-refractivity contribution < 1.29 is 4.74 Å². The minimum atomic E-state index is -0.654. The Kier molecular flexibility index (Phi) is 5.22. The molecule has 0 fully saturated rings. The topological polar surface area (TPSA) is 9.23 Å². The maximum atomic E-state index is 5.83. The molecule has 1 rings (SSSR count). The fourth-order valence-corrected chi connectivity index (χ4v) is 2.06. The lowest BCUT2D eigenvalue weighted by Crippen LogP contribution is -2.26. The molecule has 0 aliphatic rings. The van der Waals surface area contributed by atoms with Gasteiger partial charge in [-0.3, -0.25) is 0 Å². The number of halogens is 1. The summed E-state index contributed by atoms with van der Waals surface area (Å²) < 4.78 is 6.97. The van der Waals surface area contributed by atoms with Crippen LogP contribution in [0.25, 0.3) is 0 Å². The Morgan fingerprint density at radius 1 is 1.25 bits per heavy atom. The van der Waals surface area contributed by atoms with Crippen molar-refractivity contribution >= 4 is 24.7 Å². The largest absolute Gasteiger partial charge is 0.376 e. The van der Waals surface area contributed by atoms with Gasteiger partial charge in [0, 0.05) is 19.9 Å². The van der Waals surface area contributed by atoms with Gasteiger partial charge in [-0.15, -0.1) is 0 Å². The zero-order chi connectivity index (χ0) is 12.2. The van der Waals surface area contributed by atoms with Crippen molar-refractivity contribution in [3.8, 4) is 0 Å². The van der Waals surface area contributed by atoms with Crippen LogP contribution in [-0.2, 0) is 11.3 Å². The number of ether oxygens (including phenoxy) is 1. The molecule has 0 aromatic heterocycles. The molecule has 0 saturated carbocycles. The Morgan fingerprint density at radius 2 is 1.88 bits per heavy atom. The summed E-state index contributed by atoms with van der Waals surface area (Å²) in [6.07, 6.45) is 0. The van der Waals surface area contributed by atoms with Gasteiger partial charge in [0.15, 0.2) is 0 Å². The van der Waals surface area contributed by atoms with Gasteiger partial charge in [-0.1, -0.05) is 61.1 Å². The summed E-state index contributed by atoms with van der Waals surface area (Å²) in [5.41, 5.74) is 1.23. The Balaban J connectivity index is 2.45. The van der Waals surface area contributed by atoms with Crippen LogP contribution in [0.3, 0.4) is 0 Å². The minimum absolute atomic E-state index is 0.376. The van der Waals surface area contributed by atoms with Gasteiger partial charge in [0.2, 0.25) is 0 Å². The van der Waals surface area contributed by atoms with Crippen molar-refractivity contribution in [3.63, 3.8) is 0 Å². The molecule has 0 aliphatic heterocycles. The van der Waals surface area contributed by atoms with Gasteiger partial charge in [0.1, 0.15) is 0 Å². The van der Waals surface area contributed by atoms with Crippen molar-refractivity contribution in [1.29, 1.82) is 0 Å². The van der Waals surface area contributed by atoms with Gasteiger partial charge in [0.05, 0.1) is 6.61 Å². The summed E-state index contributed by atoms with van der Waals surface area (Å²) in [5, 5.41) is 0.376. The fraction of sp³-hybridized carbons (Fsp3) is 0.538. The predicted octanol–water partition coefficient (Wildman–Crippen LogP) is 4.23. The average Bonchev–Trinajstić information content (AvgIpc) is 2.20. The van der Waals surface area contributed by atoms with E-state index in [2.05, 4.69) is 55.0 Å². The zero-order valence-electron chi connectivity index (χ0n) is 10.6. The van der Waals surface area contributed by atoms with Crippen molar-refractivity contribution in [2.75, 3.05) is 6.61 Å². The predicted molar refractivity (Wildman–Crippen MR) is 76.7 cm³/mol. The summed E-state index contributed by atoms with van der Waals surface area (Å²) in [6.45, 7) is 10.9. The second-order valence-corrected chi connectivity index (χ2v) is 9.95. The average molecular weight is 301 g/mol. The van der Waals surface area contributed by atoms with Crippen molar-refractivity contribution in [2.45, 2.75) is 38.6 Å². The number of benzene rings is 1. The molecule has 0 spiro atoms. The van der Waals surface area contributed by atoms with Crippen LogP contribution < -0.4 is 0 Å². The molecule has 1 nitrogen and oxygen atoms in total. The lowest BCUT2D eigenvalue weighted by molar-refractivity contribution is 0.100. The molecule has 0 heterocycles. The SMILES string of the molecule is C[SiH](C)C(C)(C)COCc1ccccc1Br. The first kappa shape index (κ1) is 13.9. The quantitative estimate of drug-likeness (QED) is 0.739. The second kappa shape index (κ2) is 5.99. The zero-order valence-corrected chi connectivity index (χ0v) is 13.3. The summed E-state index contributed by atoms with van der Waals surface area (Å²) >= 11 is 3.53. The van der Waals surface area contributed by atoms with Crippen LogP contribution in [0.15, 0.2) is 28.7 Å². The molecule has 90 valence electrons. The number of hydrogen-bond acceptors (Lipinski definition) is 1. The minimum Gasteiger partial charge on any atom is -0.376 e. The first-order valence-corrected chi connectivity index (χ1v) is 9.42. The van der Waals surface area contributed by atoms with E-state index in [-0.39, 0.29) is 0 Å². The van der Waals surface area contributed by atoms with Crippen LogP contribution in [0.4, 0.5) is 0 Å². The summed E-state index contributed by atoms with van der Waals surface area (Å²) in [6, 6.07) is 8.23. The van der Waals surface area contributed by atoms with Crippen LogP contribution in [-0.4, -0.2) is 15.4 Å². The smallest absolute Gasteiger partial charge is 0.0727 e. The van der Waals surface area contributed by atoms with Gasteiger partial charge < -0.3 is 4.74 Å². The maximum absolute atomic E-state index is 5.83. The Hall–Kier alpha value is -0.123. The van der Waals surface area contributed by atoms with E-state index in [0.717, 1.165) is 11.1 Å². The molecule has 0 bridgehead atoms. The second-order valence-electron chi connectivity index (χ2n) is 5.23. The summed E-state index contributed by atoms with van der Waals surface area (Å²) in [7, 11) is -0.654. The van der Waals surface area contributed by atoms with E-state index in [4.69, 9.17) is 4.74 Å². The van der Waals surface area contributed by atoms with Crippen LogP contribution in [0.1, 0.15) is 19.4 Å². The van der Waals surface area contributed by atoms with Crippen LogP contribution in [0, 0.1) is 0 Å². The van der Waals surface area contributed by atoms with Gasteiger partial charge in [-0.2, -0.15) is 0 Å². The molecule has 3 heteroatoms. The van der Waals surface area contributed by atoms with Crippen LogP contribution in [0.2, 0.25) is 18.1 Å². The number of hydrogen-bond donors (Lipinski definition) is 0. The molecular weight excluding hydrogens is 280 g/mol. The Labute approximate surface area is 109 Å². The molecule has 0 N–H and O–H groups in total.